The molecule has 3 N–H and O–H groups in total. The van der Waals surface area contributed by atoms with Gasteiger partial charge in [0, 0.05) is 0 Å². The van der Waals surface area contributed by atoms with E-state index < -0.39 is 30.4 Å². The number of aliphatic hydroxyl groups is 2. The summed E-state index contributed by atoms with van der Waals surface area (Å²) in [6.45, 7) is 4.82. The molecule has 1 aromatic rings. The van der Waals surface area contributed by atoms with Crippen LogP contribution < -0.4 is 5.32 Å². The number of aliphatic hydroxyl groups excluding tert-OH is 2. The van der Waals surface area contributed by atoms with Gasteiger partial charge < -0.3 is 20.3 Å². The number of amides is 1. The van der Waals surface area contributed by atoms with Crippen LogP contribution in [0.5, 0.6) is 0 Å². The van der Waals surface area contributed by atoms with E-state index in [4.69, 9.17) is 9.84 Å². The Balaban J connectivity index is 2.80. The summed E-state index contributed by atoms with van der Waals surface area (Å²) in [5.41, 5.74) is 0.0880. The average molecular weight is 267 g/mol. The van der Waals surface area contributed by atoms with Crippen LogP contribution in [0.2, 0.25) is 0 Å². The Morgan fingerprint density at radius 2 is 1.89 bits per heavy atom. The normalized spacial score (nSPS) is 14.6. The molecule has 0 aliphatic heterocycles. The number of carbonyl (C=O) groups is 1. The van der Waals surface area contributed by atoms with E-state index in [0.29, 0.717) is 5.56 Å². The first-order valence-corrected chi connectivity index (χ1v) is 6.17. The number of hydrogen-bond donors (Lipinski definition) is 3. The van der Waals surface area contributed by atoms with Gasteiger partial charge in [-0.25, -0.2) is 4.79 Å². The largest absolute Gasteiger partial charge is 0.444 e. The van der Waals surface area contributed by atoms with Crippen LogP contribution in [0.3, 0.4) is 0 Å². The van der Waals surface area contributed by atoms with Crippen LogP contribution in [0.25, 0.3) is 0 Å². The molecular weight excluding hydrogens is 246 g/mol. The molecule has 2 atom stereocenters. The zero-order chi connectivity index (χ0) is 14.5. The molecule has 0 aliphatic carbocycles. The average Bonchev–Trinajstić information content (AvgIpc) is 2.34. The molecule has 0 saturated heterocycles. The van der Waals surface area contributed by atoms with Gasteiger partial charge >= 0.3 is 6.09 Å². The van der Waals surface area contributed by atoms with Crippen molar-refractivity contribution in [2.24, 2.45) is 0 Å². The van der Waals surface area contributed by atoms with Crippen LogP contribution in [-0.2, 0) is 4.74 Å². The first-order valence-electron chi connectivity index (χ1n) is 6.17. The van der Waals surface area contributed by atoms with Crippen molar-refractivity contribution < 1.29 is 19.7 Å². The zero-order valence-electron chi connectivity index (χ0n) is 11.5. The smallest absolute Gasteiger partial charge is 0.408 e. The summed E-state index contributed by atoms with van der Waals surface area (Å²) >= 11 is 0. The van der Waals surface area contributed by atoms with Crippen molar-refractivity contribution in [3.05, 3.63) is 35.9 Å². The summed E-state index contributed by atoms with van der Waals surface area (Å²) in [6.07, 6.45) is -1.72. The second-order valence-electron chi connectivity index (χ2n) is 5.28. The zero-order valence-corrected chi connectivity index (χ0v) is 11.5. The van der Waals surface area contributed by atoms with Crippen LogP contribution in [0.15, 0.2) is 30.3 Å². The van der Waals surface area contributed by atoms with Crippen molar-refractivity contribution >= 4 is 6.09 Å². The summed E-state index contributed by atoms with van der Waals surface area (Å²) < 4.78 is 5.14. The minimum Gasteiger partial charge on any atom is -0.444 e. The summed E-state index contributed by atoms with van der Waals surface area (Å²) in [7, 11) is 0. The van der Waals surface area contributed by atoms with E-state index in [-0.39, 0.29) is 0 Å². The monoisotopic (exact) mass is 267 g/mol. The molecule has 1 unspecified atom stereocenters. The quantitative estimate of drug-likeness (QED) is 0.774. The molecule has 0 bridgehead atoms. The van der Waals surface area contributed by atoms with Crippen molar-refractivity contribution in [3.63, 3.8) is 0 Å². The fraction of sp³-hybridized carbons (Fsp3) is 0.500. The molecule has 0 fully saturated rings. The Kier molecular flexibility index (Phi) is 5.32. The van der Waals surface area contributed by atoms with Crippen molar-refractivity contribution in [1.82, 2.24) is 5.32 Å². The molecule has 19 heavy (non-hydrogen) atoms. The highest BCUT2D eigenvalue weighted by Gasteiger charge is 2.25. The number of nitrogens with one attached hydrogen (secondary N) is 1. The summed E-state index contributed by atoms with van der Waals surface area (Å²) in [5.74, 6) is 0. The van der Waals surface area contributed by atoms with Gasteiger partial charge in [-0.3, -0.25) is 0 Å². The molecule has 1 rings (SSSR count). The second-order valence-corrected chi connectivity index (χ2v) is 5.28. The number of benzene rings is 1. The molecule has 1 amide bonds. The predicted molar refractivity (Wildman–Crippen MR) is 71.6 cm³/mol. The first kappa shape index (κ1) is 15.5. The highest BCUT2D eigenvalue weighted by Crippen LogP contribution is 2.18. The van der Waals surface area contributed by atoms with E-state index in [1.54, 1.807) is 45.0 Å². The molecule has 5 nitrogen and oxygen atoms in total. The van der Waals surface area contributed by atoms with Gasteiger partial charge in [0.25, 0.3) is 0 Å². The van der Waals surface area contributed by atoms with Crippen LogP contribution in [0.1, 0.15) is 32.4 Å². The third-order valence-electron chi connectivity index (χ3n) is 2.40. The molecule has 1 aromatic carbocycles. The maximum atomic E-state index is 11.7. The van der Waals surface area contributed by atoms with Gasteiger partial charge in [-0.15, -0.1) is 0 Å². The van der Waals surface area contributed by atoms with Crippen LogP contribution >= 0.6 is 0 Å². The highest BCUT2D eigenvalue weighted by atomic mass is 16.6. The van der Waals surface area contributed by atoms with Gasteiger partial charge in [0.15, 0.2) is 0 Å². The Morgan fingerprint density at radius 1 is 1.32 bits per heavy atom. The lowest BCUT2D eigenvalue weighted by Crippen LogP contribution is -2.40. The fourth-order valence-electron chi connectivity index (χ4n) is 1.60. The summed E-state index contributed by atoms with van der Waals surface area (Å²) in [6, 6.07) is 8.24. The number of carbonyl (C=O) groups excluding carboxylic acids is 1. The maximum Gasteiger partial charge on any atom is 0.408 e. The summed E-state index contributed by atoms with van der Waals surface area (Å²) in [5, 5.41) is 21.4. The Morgan fingerprint density at radius 3 is 2.37 bits per heavy atom. The molecule has 0 aliphatic rings. The molecule has 5 heteroatoms. The second kappa shape index (κ2) is 6.54. The van der Waals surface area contributed by atoms with Gasteiger partial charge in [-0.2, -0.15) is 0 Å². The third kappa shape index (κ3) is 5.28. The molecule has 0 radical (unpaired) electrons. The summed E-state index contributed by atoms with van der Waals surface area (Å²) in [4.78, 5) is 11.7. The SMILES string of the molecule is CC(C)(C)OC(=O)N[C@@H](c1ccccc1)C(O)CO. The Hall–Kier alpha value is -1.59. The van der Waals surface area contributed by atoms with Crippen molar-refractivity contribution in [2.45, 2.75) is 38.5 Å². The van der Waals surface area contributed by atoms with Gasteiger partial charge in [-0.05, 0) is 26.3 Å². The molecule has 0 aromatic heterocycles. The van der Waals surface area contributed by atoms with Crippen LogP contribution in [-0.4, -0.2) is 34.6 Å². The lowest BCUT2D eigenvalue weighted by molar-refractivity contribution is 0.0316. The standard InChI is InChI=1S/C14H21NO4/c1-14(2,3)19-13(18)15-12(11(17)9-16)10-7-5-4-6-8-10/h4-8,11-12,16-17H,9H2,1-3H3,(H,15,18)/t11?,12-/m0/s1. The minimum atomic E-state index is -1.09. The van der Waals surface area contributed by atoms with Crippen molar-refractivity contribution in [1.29, 1.82) is 0 Å². The van der Waals surface area contributed by atoms with Gasteiger partial charge in [0.2, 0.25) is 0 Å². The van der Waals surface area contributed by atoms with Crippen molar-refractivity contribution in [2.75, 3.05) is 6.61 Å². The van der Waals surface area contributed by atoms with Crippen LogP contribution in [0, 0.1) is 0 Å². The number of rotatable bonds is 4. The number of hydrogen-bond acceptors (Lipinski definition) is 4. The van der Waals surface area contributed by atoms with Crippen molar-refractivity contribution in [3.8, 4) is 0 Å². The number of ether oxygens (including phenoxy) is 1. The topological polar surface area (TPSA) is 78.8 Å². The van der Waals surface area contributed by atoms with E-state index in [1.807, 2.05) is 6.07 Å². The molecule has 0 heterocycles. The third-order valence-corrected chi connectivity index (χ3v) is 2.40. The van der Waals surface area contributed by atoms with E-state index in [0.717, 1.165) is 0 Å². The maximum absolute atomic E-state index is 11.7. The predicted octanol–water partition coefficient (Wildman–Crippen LogP) is 1.61. The van der Waals surface area contributed by atoms with E-state index in [9.17, 15) is 9.90 Å². The van der Waals surface area contributed by atoms with Gasteiger partial charge in [0.05, 0.1) is 12.6 Å². The van der Waals surface area contributed by atoms with E-state index >= 15 is 0 Å². The Bertz CT molecular complexity index is 400. The number of alkyl carbamates (subject to hydrolysis) is 1. The fourth-order valence-corrected chi connectivity index (χ4v) is 1.60. The highest BCUT2D eigenvalue weighted by molar-refractivity contribution is 5.68. The van der Waals surface area contributed by atoms with E-state index in [1.165, 1.54) is 0 Å². The Labute approximate surface area is 113 Å². The molecule has 0 saturated carbocycles. The van der Waals surface area contributed by atoms with E-state index in [2.05, 4.69) is 5.32 Å². The molecule has 106 valence electrons. The minimum absolute atomic E-state index is 0.449. The lowest BCUT2D eigenvalue weighted by atomic mass is 10.0. The van der Waals surface area contributed by atoms with Crippen LogP contribution in [0.4, 0.5) is 4.79 Å². The molecular formula is C14H21NO4. The van der Waals surface area contributed by atoms with Gasteiger partial charge in [0.1, 0.15) is 11.7 Å². The molecule has 0 spiro atoms. The lowest BCUT2D eigenvalue weighted by Gasteiger charge is -2.26. The van der Waals surface area contributed by atoms with Gasteiger partial charge in [-0.1, -0.05) is 30.3 Å². The first-order chi connectivity index (χ1) is 8.83.